The fraction of sp³-hybridized carbons (Fsp3) is 0.364. The number of hydrogen-bond acceptors (Lipinski definition) is 3. The third kappa shape index (κ3) is 1.94. The molecule has 1 heterocycles. The molecule has 3 N–H and O–H groups in total. The van der Waals surface area contributed by atoms with Crippen molar-refractivity contribution in [1.82, 2.24) is 0 Å². The summed E-state index contributed by atoms with van der Waals surface area (Å²) in [5, 5.41) is 8.79. The second-order valence-corrected chi connectivity index (χ2v) is 3.71. The maximum Gasteiger partial charge on any atom is 0.335 e. The number of carboxylic acids is 1. The van der Waals surface area contributed by atoms with Crippen LogP contribution in [-0.2, 0) is 4.74 Å². The number of carbonyl (C=O) groups is 1. The quantitative estimate of drug-likeness (QED) is 0.720. The van der Waals surface area contributed by atoms with E-state index in [1.54, 1.807) is 12.1 Å². The normalized spacial score (nSPS) is 20.4. The summed E-state index contributed by atoms with van der Waals surface area (Å²) in [4.78, 5) is 10.7. The molecule has 1 saturated heterocycles. The van der Waals surface area contributed by atoms with Gasteiger partial charge >= 0.3 is 5.97 Å². The molecule has 0 saturated carbocycles. The van der Waals surface area contributed by atoms with Gasteiger partial charge in [-0.3, -0.25) is 0 Å². The van der Waals surface area contributed by atoms with Gasteiger partial charge in [0.2, 0.25) is 0 Å². The van der Waals surface area contributed by atoms with Crippen LogP contribution in [0.5, 0.6) is 0 Å². The van der Waals surface area contributed by atoms with Crippen molar-refractivity contribution in [3.05, 3.63) is 29.3 Å². The second-order valence-electron chi connectivity index (χ2n) is 3.71. The third-order valence-corrected chi connectivity index (χ3v) is 2.70. The van der Waals surface area contributed by atoms with Crippen LogP contribution in [0.3, 0.4) is 0 Å². The van der Waals surface area contributed by atoms with Gasteiger partial charge in [0.15, 0.2) is 0 Å². The largest absolute Gasteiger partial charge is 0.478 e. The zero-order chi connectivity index (χ0) is 10.8. The van der Waals surface area contributed by atoms with Crippen LogP contribution in [-0.4, -0.2) is 24.3 Å². The highest BCUT2D eigenvalue weighted by atomic mass is 16.5. The number of benzene rings is 1. The van der Waals surface area contributed by atoms with E-state index in [4.69, 9.17) is 15.6 Å². The Hall–Kier alpha value is -1.55. The highest BCUT2D eigenvalue weighted by Gasteiger charge is 2.20. The summed E-state index contributed by atoms with van der Waals surface area (Å²) < 4.78 is 5.27. The first-order valence-corrected chi connectivity index (χ1v) is 4.89. The minimum absolute atomic E-state index is 0.232. The molecular formula is C11H13NO3. The van der Waals surface area contributed by atoms with Gasteiger partial charge in [-0.2, -0.15) is 0 Å². The lowest BCUT2D eigenvalue weighted by atomic mass is 9.95. The molecular weight excluding hydrogens is 194 g/mol. The van der Waals surface area contributed by atoms with Crippen LogP contribution in [0, 0.1) is 0 Å². The smallest absolute Gasteiger partial charge is 0.335 e. The molecule has 0 radical (unpaired) electrons. The van der Waals surface area contributed by atoms with Crippen molar-refractivity contribution < 1.29 is 14.6 Å². The van der Waals surface area contributed by atoms with E-state index in [1.165, 1.54) is 6.07 Å². The Labute approximate surface area is 87.7 Å². The fourth-order valence-corrected chi connectivity index (χ4v) is 1.86. The molecule has 2 rings (SSSR count). The number of rotatable bonds is 2. The molecule has 1 aliphatic heterocycles. The van der Waals surface area contributed by atoms with Gasteiger partial charge in [0.25, 0.3) is 0 Å². The van der Waals surface area contributed by atoms with Crippen LogP contribution in [0.15, 0.2) is 18.2 Å². The predicted octanol–water partition coefficient (Wildman–Crippen LogP) is 1.47. The topological polar surface area (TPSA) is 72.6 Å². The van der Waals surface area contributed by atoms with Gasteiger partial charge in [-0.15, -0.1) is 0 Å². The molecule has 0 spiro atoms. The Morgan fingerprint density at radius 1 is 1.53 bits per heavy atom. The molecule has 4 nitrogen and oxygen atoms in total. The minimum atomic E-state index is -0.948. The van der Waals surface area contributed by atoms with Gasteiger partial charge in [-0.25, -0.2) is 4.79 Å². The number of carboxylic acid groups (broad SMARTS) is 1. The molecule has 1 fully saturated rings. The molecule has 4 heteroatoms. The van der Waals surface area contributed by atoms with Crippen molar-refractivity contribution in [2.75, 3.05) is 18.9 Å². The summed E-state index contributed by atoms with van der Waals surface area (Å²) in [7, 11) is 0. The lowest BCUT2D eigenvalue weighted by Crippen LogP contribution is -2.05. The number of anilines is 1. The molecule has 1 aromatic carbocycles. The summed E-state index contributed by atoms with van der Waals surface area (Å²) >= 11 is 0. The number of hydrogen-bond donors (Lipinski definition) is 2. The molecule has 1 aromatic rings. The van der Waals surface area contributed by atoms with Crippen LogP contribution in [0.1, 0.15) is 28.3 Å². The number of nitrogen functional groups attached to an aromatic ring is 1. The predicted molar refractivity (Wildman–Crippen MR) is 56.0 cm³/mol. The highest BCUT2D eigenvalue weighted by molar-refractivity contribution is 5.89. The first-order valence-electron chi connectivity index (χ1n) is 4.89. The molecule has 0 amide bonds. The lowest BCUT2D eigenvalue weighted by Gasteiger charge is -2.11. The third-order valence-electron chi connectivity index (χ3n) is 2.70. The monoisotopic (exact) mass is 207 g/mol. The van der Waals surface area contributed by atoms with Crippen LogP contribution < -0.4 is 5.73 Å². The van der Waals surface area contributed by atoms with Gasteiger partial charge in [0.1, 0.15) is 0 Å². The summed E-state index contributed by atoms with van der Waals surface area (Å²) in [5.74, 6) is -0.635. The summed E-state index contributed by atoms with van der Waals surface area (Å²) in [5.41, 5.74) is 7.60. The van der Waals surface area contributed by atoms with E-state index in [0.29, 0.717) is 18.2 Å². The van der Waals surface area contributed by atoms with E-state index in [-0.39, 0.29) is 5.56 Å². The van der Waals surface area contributed by atoms with Crippen molar-refractivity contribution in [3.8, 4) is 0 Å². The van der Waals surface area contributed by atoms with E-state index in [1.807, 2.05) is 0 Å². The minimum Gasteiger partial charge on any atom is -0.478 e. The molecule has 0 aromatic heterocycles. The first-order chi connectivity index (χ1) is 7.18. The van der Waals surface area contributed by atoms with Gasteiger partial charge in [-0.1, -0.05) is 6.07 Å². The number of aromatic carboxylic acids is 1. The van der Waals surface area contributed by atoms with Crippen molar-refractivity contribution in [1.29, 1.82) is 0 Å². The Bertz CT molecular complexity index is 383. The van der Waals surface area contributed by atoms with Crippen molar-refractivity contribution in [2.45, 2.75) is 12.3 Å². The lowest BCUT2D eigenvalue weighted by molar-refractivity contribution is 0.0697. The fourth-order valence-electron chi connectivity index (χ4n) is 1.86. The highest BCUT2D eigenvalue weighted by Crippen LogP contribution is 2.29. The molecule has 0 bridgehead atoms. The van der Waals surface area contributed by atoms with E-state index >= 15 is 0 Å². The summed E-state index contributed by atoms with van der Waals surface area (Å²) in [6.07, 6.45) is 0.955. The van der Waals surface area contributed by atoms with Crippen LogP contribution in [0.4, 0.5) is 5.69 Å². The van der Waals surface area contributed by atoms with E-state index in [9.17, 15) is 4.79 Å². The molecule has 1 aliphatic rings. The van der Waals surface area contributed by atoms with Crippen molar-refractivity contribution in [3.63, 3.8) is 0 Å². The number of ether oxygens (including phenoxy) is 1. The zero-order valence-corrected chi connectivity index (χ0v) is 8.27. The van der Waals surface area contributed by atoms with E-state index in [2.05, 4.69) is 0 Å². The van der Waals surface area contributed by atoms with Crippen LogP contribution in [0.2, 0.25) is 0 Å². The maximum atomic E-state index is 10.7. The Balaban J connectivity index is 2.29. The summed E-state index contributed by atoms with van der Waals surface area (Å²) in [6, 6.07) is 4.89. The Kier molecular flexibility index (Phi) is 2.60. The Morgan fingerprint density at radius 2 is 2.33 bits per heavy atom. The molecule has 0 aliphatic carbocycles. The number of nitrogens with two attached hydrogens (primary N) is 1. The SMILES string of the molecule is Nc1cc(C(=O)O)ccc1C1CCOC1. The zero-order valence-electron chi connectivity index (χ0n) is 8.27. The van der Waals surface area contributed by atoms with Gasteiger partial charge in [0.05, 0.1) is 12.2 Å². The first kappa shape index (κ1) is 9.98. The van der Waals surface area contributed by atoms with Crippen molar-refractivity contribution >= 4 is 11.7 Å². The maximum absolute atomic E-state index is 10.7. The van der Waals surface area contributed by atoms with Gasteiger partial charge in [-0.05, 0) is 24.1 Å². The molecule has 1 atom stereocenters. The van der Waals surface area contributed by atoms with Gasteiger partial charge in [0, 0.05) is 18.2 Å². The molecule has 15 heavy (non-hydrogen) atoms. The van der Waals surface area contributed by atoms with Crippen LogP contribution in [0.25, 0.3) is 0 Å². The van der Waals surface area contributed by atoms with Crippen molar-refractivity contribution in [2.24, 2.45) is 0 Å². The Morgan fingerprint density at radius 3 is 2.87 bits per heavy atom. The average Bonchev–Trinajstić information content (AvgIpc) is 2.70. The molecule has 80 valence electrons. The van der Waals surface area contributed by atoms with Crippen LogP contribution >= 0.6 is 0 Å². The average molecular weight is 207 g/mol. The van der Waals surface area contributed by atoms with E-state index < -0.39 is 5.97 Å². The van der Waals surface area contributed by atoms with E-state index in [0.717, 1.165) is 18.6 Å². The van der Waals surface area contributed by atoms with Gasteiger partial charge < -0.3 is 15.6 Å². The molecule has 1 unspecified atom stereocenters. The standard InChI is InChI=1S/C11H13NO3/c12-10-5-7(11(13)14)1-2-9(10)8-3-4-15-6-8/h1-2,5,8H,3-4,6,12H2,(H,13,14). The summed E-state index contributed by atoms with van der Waals surface area (Å²) in [6.45, 7) is 1.43. The second kappa shape index (κ2) is 3.90.